The first-order chi connectivity index (χ1) is 6.68. The molecule has 1 aliphatic rings. The van der Waals surface area contributed by atoms with Crippen LogP contribution in [-0.4, -0.2) is 12.4 Å². The van der Waals surface area contributed by atoms with Gasteiger partial charge in [0.25, 0.3) is 0 Å². The molecular formula is C11H13NO2. The second-order valence-electron chi connectivity index (χ2n) is 3.55. The van der Waals surface area contributed by atoms with Crippen LogP contribution in [0.2, 0.25) is 0 Å². The quantitative estimate of drug-likeness (QED) is 0.687. The van der Waals surface area contributed by atoms with E-state index >= 15 is 0 Å². The highest BCUT2D eigenvalue weighted by Gasteiger charge is 2.18. The molecule has 3 heteroatoms. The minimum Gasteiger partial charge on any atom is -0.493 e. The summed E-state index contributed by atoms with van der Waals surface area (Å²) in [4.78, 5) is 11.1. The summed E-state index contributed by atoms with van der Waals surface area (Å²) in [5, 5.41) is 0. The molecule has 0 bridgehead atoms. The number of fused-ring (bicyclic) bond motifs is 1. The predicted molar refractivity (Wildman–Crippen MR) is 53.5 cm³/mol. The summed E-state index contributed by atoms with van der Waals surface area (Å²) < 4.78 is 5.45. The van der Waals surface area contributed by atoms with E-state index in [2.05, 4.69) is 0 Å². The third-order valence-corrected chi connectivity index (χ3v) is 2.51. The number of ketones is 1. The highest BCUT2D eigenvalue weighted by atomic mass is 16.5. The van der Waals surface area contributed by atoms with Crippen LogP contribution >= 0.6 is 0 Å². The first kappa shape index (κ1) is 9.21. The van der Waals surface area contributed by atoms with Gasteiger partial charge in [0, 0.05) is 23.6 Å². The van der Waals surface area contributed by atoms with E-state index in [0.717, 1.165) is 17.7 Å². The Balaban J connectivity index is 2.44. The number of nitrogens with two attached hydrogens (primary N) is 1. The zero-order valence-corrected chi connectivity index (χ0v) is 8.12. The standard InChI is InChI=1S/C11H13NO2/c1-7(13)8-2-3-9-10(12)4-5-14-11(9)6-8/h2-3,6,10H,4-5,12H2,1H3. The third kappa shape index (κ3) is 1.51. The van der Waals surface area contributed by atoms with Crippen molar-refractivity contribution in [3.8, 4) is 5.75 Å². The first-order valence-electron chi connectivity index (χ1n) is 4.72. The Hall–Kier alpha value is -1.35. The molecular weight excluding hydrogens is 178 g/mol. The predicted octanol–water partition coefficient (Wildman–Crippen LogP) is 1.67. The van der Waals surface area contributed by atoms with Gasteiger partial charge in [-0.1, -0.05) is 12.1 Å². The third-order valence-electron chi connectivity index (χ3n) is 2.51. The van der Waals surface area contributed by atoms with Gasteiger partial charge in [0.15, 0.2) is 5.78 Å². The van der Waals surface area contributed by atoms with Crippen molar-refractivity contribution < 1.29 is 9.53 Å². The maximum atomic E-state index is 11.1. The van der Waals surface area contributed by atoms with Crippen LogP contribution in [-0.2, 0) is 0 Å². The van der Waals surface area contributed by atoms with Crippen LogP contribution in [0.4, 0.5) is 0 Å². The molecule has 1 atom stereocenters. The zero-order chi connectivity index (χ0) is 10.1. The highest BCUT2D eigenvalue weighted by Crippen LogP contribution is 2.31. The molecule has 0 aromatic heterocycles. The van der Waals surface area contributed by atoms with Crippen LogP contribution in [0, 0.1) is 0 Å². The van der Waals surface area contributed by atoms with Gasteiger partial charge < -0.3 is 10.5 Å². The number of rotatable bonds is 1. The van der Waals surface area contributed by atoms with Crippen LogP contribution in [0.25, 0.3) is 0 Å². The smallest absolute Gasteiger partial charge is 0.159 e. The Bertz CT molecular complexity index is 374. The van der Waals surface area contributed by atoms with Crippen LogP contribution in [0.1, 0.15) is 35.3 Å². The summed E-state index contributed by atoms with van der Waals surface area (Å²) in [6, 6.07) is 5.50. The zero-order valence-electron chi connectivity index (χ0n) is 8.12. The summed E-state index contributed by atoms with van der Waals surface area (Å²) in [7, 11) is 0. The Kier molecular flexibility index (Phi) is 2.25. The van der Waals surface area contributed by atoms with E-state index in [0.29, 0.717) is 12.2 Å². The molecule has 2 N–H and O–H groups in total. The van der Waals surface area contributed by atoms with Crippen molar-refractivity contribution >= 4 is 5.78 Å². The summed E-state index contributed by atoms with van der Waals surface area (Å²) in [6.07, 6.45) is 0.840. The van der Waals surface area contributed by atoms with E-state index in [1.165, 1.54) is 0 Å². The average molecular weight is 191 g/mol. The number of carbonyl (C=O) groups excluding carboxylic acids is 1. The Labute approximate surface area is 82.9 Å². The maximum Gasteiger partial charge on any atom is 0.159 e. The fourth-order valence-electron chi connectivity index (χ4n) is 1.64. The van der Waals surface area contributed by atoms with Crippen LogP contribution < -0.4 is 10.5 Å². The van der Waals surface area contributed by atoms with Gasteiger partial charge in [0.1, 0.15) is 5.75 Å². The highest BCUT2D eigenvalue weighted by molar-refractivity contribution is 5.94. The monoisotopic (exact) mass is 191 g/mol. The fourth-order valence-corrected chi connectivity index (χ4v) is 1.64. The summed E-state index contributed by atoms with van der Waals surface area (Å²) in [5.41, 5.74) is 7.59. The Morgan fingerprint density at radius 1 is 1.57 bits per heavy atom. The van der Waals surface area contributed by atoms with Crippen molar-refractivity contribution in [3.63, 3.8) is 0 Å². The molecule has 0 saturated heterocycles. The molecule has 1 heterocycles. The van der Waals surface area contributed by atoms with Crippen molar-refractivity contribution in [2.75, 3.05) is 6.61 Å². The van der Waals surface area contributed by atoms with Gasteiger partial charge >= 0.3 is 0 Å². The fraction of sp³-hybridized carbons (Fsp3) is 0.364. The van der Waals surface area contributed by atoms with Crippen LogP contribution in [0.5, 0.6) is 5.75 Å². The van der Waals surface area contributed by atoms with E-state index in [-0.39, 0.29) is 11.8 Å². The van der Waals surface area contributed by atoms with Gasteiger partial charge in [0.2, 0.25) is 0 Å². The topological polar surface area (TPSA) is 52.3 Å². The molecule has 0 aliphatic carbocycles. The van der Waals surface area contributed by atoms with Crippen molar-refractivity contribution in [1.29, 1.82) is 0 Å². The van der Waals surface area contributed by atoms with E-state index in [1.54, 1.807) is 19.1 Å². The van der Waals surface area contributed by atoms with E-state index in [1.807, 2.05) is 6.07 Å². The Morgan fingerprint density at radius 3 is 3.07 bits per heavy atom. The van der Waals surface area contributed by atoms with Gasteiger partial charge in [-0.05, 0) is 13.0 Å². The molecule has 0 fully saturated rings. The van der Waals surface area contributed by atoms with Gasteiger partial charge in [-0.25, -0.2) is 0 Å². The molecule has 14 heavy (non-hydrogen) atoms. The number of hydrogen-bond donors (Lipinski definition) is 1. The minimum absolute atomic E-state index is 0.0414. The van der Waals surface area contributed by atoms with E-state index in [9.17, 15) is 4.79 Å². The number of ether oxygens (including phenoxy) is 1. The van der Waals surface area contributed by atoms with Gasteiger partial charge in [-0.15, -0.1) is 0 Å². The molecule has 0 radical (unpaired) electrons. The lowest BCUT2D eigenvalue weighted by Gasteiger charge is -2.23. The summed E-state index contributed by atoms with van der Waals surface area (Å²) in [5.74, 6) is 0.812. The SMILES string of the molecule is CC(=O)c1ccc2c(c1)OCCC2N. The van der Waals surface area contributed by atoms with Crippen molar-refractivity contribution in [2.45, 2.75) is 19.4 Å². The second kappa shape index (κ2) is 3.42. The molecule has 1 aromatic carbocycles. The van der Waals surface area contributed by atoms with Gasteiger partial charge in [-0.3, -0.25) is 4.79 Å². The normalized spacial score (nSPS) is 19.7. The molecule has 74 valence electrons. The van der Waals surface area contributed by atoms with E-state index in [4.69, 9.17) is 10.5 Å². The average Bonchev–Trinajstić information content (AvgIpc) is 2.17. The number of carbonyl (C=O) groups is 1. The molecule has 3 nitrogen and oxygen atoms in total. The van der Waals surface area contributed by atoms with Crippen LogP contribution in [0.3, 0.4) is 0 Å². The molecule has 1 unspecified atom stereocenters. The number of benzene rings is 1. The molecule has 0 saturated carbocycles. The summed E-state index contributed by atoms with van der Waals surface area (Å²) >= 11 is 0. The van der Waals surface area contributed by atoms with Gasteiger partial charge in [-0.2, -0.15) is 0 Å². The number of hydrogen-bond acceptors (Lipinski definition) is 3. The summed E-state index contributed by atoms with van der Waals surface area (Å²) in [6.45, 7) is 2.18. The molecule has 1 aromatic rings. The molecule has 2 rings (SSSR count). The lowest BCUT2D eigenvalue weighted by atomic mass is 9.99. The minimum atomic E-state index is 0.0414. The van der Waals surface area contributed by atoms with Crippen molar-refractivity contribution in [2.24, 2.45) is 5.73 Å². The van der Waals surface area contributed by atoms with Crippen molar-refractivity contribution in [3.05, 3.63) is 29.3 Å². The molecule has 0 spiro atoms. The lowest BCUT2D eigenvalue weighted by molar-refractivity contribution is 0.101. The Morgan fingerprint density at radius 2 is 2.36 bits per heavy atom. The molecule has 1 aliphatic heterocycles. The van der Waals surface area contributed by atoms with Crippen LogP contribution in [0.15, 0.2) is 18.2 Å². The largest absolute Gasteiger partial charge is 0.493 e. The van der Waals surface area contributed by atoms with Crippen molar-refractivity contribution in [1.82, 2.24) is 0 Å². The molecule has 0 amide bonds. The first-order valence-corrected chi connectivity index (χ1v) is 4.72. The van der Waals surface area contributed by atoms with Gasteiger partial charge in [0.05, 0.1) is 6.61 Å². The second-order valence-corrected chi connectivity index (χ2v) is 3.55. The van der Waals surface area contributed by atoms with E-state index < -0.39 is 0 Å². The number of Topliss-reactive ketones (excluding diaryl/α,β-unsaturated/α-hetero) is 1. The maximum absolute atomic E-state index is 11.1. The lowest BCUT2D eigenvalue weighted by Crippen LogP contribution is -2.20.